The monoisotopic (exact) mass is 541 g/mol. The Morgan fingerprint density at radius 1 is 0.775 bits per heavy atom. The van der Waals surface area contributed by atoms with E-state index < -0.39 is 17.8 Å². The van der Waals surface area contributed by atoms with Gasteiger partial charge in [-0.1, -0.05) is 95.3 Å². The number of ketones is 2. The minimum Gasteiger partial charge on any atom is -0.481 e. The summed E-state index contributed by atoms with van der Waals surface area (Å²) < 4.78 is 0. The van der Waals surface area contributed by atoms with Gasteiger partial charge in [-0.2, -0.15) is 0 Å². The lowest BCUT2D eigenvalue weighted by molar-refractivity contribution is -0.136. The molecule has 1 amide bonds. The summed E-state index contributed by atoms with van der Waals surface area (Å²) in [6.45, 7) is 10.6. The van der Waals surface area contributed by atoms with Gasteiger partial charge in [0.2, 0.25) is 0 Å². The molecule has 0 aliphatic heterocycles. The molecule has 1 unspecified atom stereocenters. The van der Waals surface area contributed by atoms with Gasteiger partial charge >= 0.3 is 5.97 Å². The third kappa shape index (κ3) is 8.47. The molecule has 0 radical (unpaired) electrons. The van der Waals surface area contributed by atoms with E-state index in [0.717, 1.165) is 17.5 Å². The van der Waals surface area contributed by atoms with Crippen LogP contribution in [-0.2, 0) is 16.6 Å². The Bertz CT molecular complexity index is 1330. The summed E-state index contributed by atoms with van der Waals surface area (Å²) in [5, 5.41) is 11.4. The number of Topliss-reactive ketones (excluding diaryl/α,β-unsaturated/α-hetero) is 2. The molecule has 0 heterocycles. The van der Waals surface area contributed by atoms with Gasteiger partial charge in [0.1, 0.15) is 0 Å². The predicted octanol–water partition coefficient (Wildman–Crippen LogP) is 6.63. The fraction of sp³-hybridized carbons (Fsp3) is 0.353. The van der Waals surface area contributed by atoms with Crippen molar-refractivity contribution in [3.05, 3.63) is 106 Å². The lowest BCUT2D eigenvalue weighted by Crippen LogP contribution is -2.26. The zero-order valence-corrected chi connectivity index (χ0v) is 24.0. The molecule has 0 fully saturated rings. The molecule has 6 heteroatoms. The number of benzene rings is 3. The average Bonchev–Trinajstić information content (AvgIpc) is 2.91. The average molecular weight is 542 g/mol. The fourth-order valence-electron chi connectivity index (χ4n) is 4.55. The Morgan fingerprint density at radius 2 is 1.32 bits per heavy atom. The number of hydrogen-bond acceptors (Lipinski definition) is 4. The number of hydrogen-bond donors (Lipinski definition) is 2. The zero-order chi connectivity index (χ0) is 29.4. The normalized spacial score (nSPS) is 12.2. The van der Waals surface area contributed by atoms with Gasteiger partial charge in [-0.05, 0) is 46.6 Å². The standard InChI is InChI=1S/C34H39NO5/c1-22(2)20-23-6-8-26(9-7-23)32(39)29(21-30(36)25-14-16-28(17-15-25)34(3,4)5)24-10-12-27(13-11-24)33(40)35-19-18-31(37)38/h6-17,22,29H,18-21H2,1-5H3,(H,35,40)(H,37,38). The summed E-state index contributed by atoms with van der Waals surface area (Å²) in [4.78, 5) is 50.3. The molecule has 3 rings (SSSR count). The van der Waals surface area contributed by atoms with Crippen molar-refractivity contribution in [3.63, 3.8) is 0 Å². The van der Waals surface area contributed by atoms with E-state index in [1.54, 1.807) is 24.3 Å². The smallest absolute Gasteiger partial charge is 0.305 e. The van der Waals surface area contributed by atoms with Gasteiger partial charge in [0.05, 0.1) is 12.3 Å². The van der Waals surface area contributed by atoms with E-state index in [1.807, 2.05) is 48.5 Å². The number of aliphatic carboxylic acids is 1. The Labute approximate surface area is 236 Å². The molecule has 0 aromatic heterocycles. The number of carbonyl (C=O) groups is 4. The Hall–Kier alpha value is -4.06. The molecular formula is C34H39NO5. The highest BCUT2D eigenvalue weighted by molar-refractivity contribution is 6.06. The molecule has 3 aromatic carbocycles. The highest BCUT2D eigenvalue weighted by Gasteiger charge is 2.26. The zero-order valence-electron chi connectivity index (χ0n) is 24.0. The molecule has 6 nitrogen and oxygen atoms in total. The summed E-state index contributed by atoms with van der Waals surface area (Å²) in [5.74, 6) is -1.91. The van der Waals surface area contributed by atoms with Crippen LogP contribution < -0.4 is 5.32 Å². The number of rotatable bonds is 12. The van der Waals surface area contributed by atoms with Crippen molar-refractivity contribution >= 4 is 23.4 Å². The molecule has 3 aromatic rings. The van der Waals surface area contributed by atoms with Gasteiger partial charge in [-0.25, -0.2) is 0 Å². The molecule has 0 aliphatic carbocycles. The Morgan fingerprint density at radius 3 is 1.85 bits per heavy atom. The van der Waals surface area contributed by atoms with Crippen molar-refractivity contribution in [3.8, 4) is 0 Å². The summed E-state index contributed by atoms with van der Waals surface area (Å²) in [6.07, 6.45) is 0.734. The maximum absolute atomic E-state index is 13.8. The first kappa shape index (κ1) is 30.5. The van der Waals surface area contributed by atoms with E-state index >= 15 is 0 Å². The van der Waals surface area contributed by atoms with Crippen LogP contribution in [-0.4, -0.2) is 35.1 Å². The van der Waals surface area contributed by atoms with Gasteiger partial charge in [-0.3, -0.25) is 19.2 Å². The first-order valence-corrected chi connectivity index (χ1v) is 13.7. The molecule has 1 atom stereocenters. The van der Waals surface area contributed by atoms with Gasteiger partial charge in [0.25, 0.3) is 5.91 Å². The van der Waals surface area contributed by atoms with Crippen LogP contribution in [0.2, 0.25) is 0 Å². The van der Waals surface area contributed by atoms with Gasteiger partial charge in [-0.15, -0.1) is 0 Å². The van der Waals surface area contributed by atoms with Crippen molar-refractivity contribution in [1.29, 1.82) is 0 Å². The molecular weight excluding hydrogens is 502 g/mol. The molecule has 0 saturated carbocycles. The third-order valence-corrected chi connectivity index (χ3v) is 6.86. The number of carboxylic acid groups (broad SMARTS) is 1. The first-order valence-electron chi connectivity index (χ1n) is 13.7. The van der Waals surface area contributed by atoms with Crippen LogP contribution >= 0.6 is 0 Å². The van der Waals surface area contributed by atoms with Crippen LogP contribution in [0.25, 0.3) is 0 Å². The maximum Gasteiger partial charge on any atom is 0.305 e. The van der Waals surface area contributed by atoms with Gasteiger partial charge in [0, 0.05) is 29.7 Å². The van der Waals surface area contributed by atoms with Crippen molar-refractivity contribution in [2.24, 2.45) is 5.92 Å². The SMILES string of the molecule is CC(C)Cc1ccc(C(=O)C(CC(=O)c2ccc(C(C)(C)C)cc2)c2ccc(C(=O)NCCC(=O)O)cc2)cc1. The predicted molar refractivity (Wildman–Crippen MR) is 157 cm³/mol. The highest BCUT2D eigenvalue weighted by atomic mass is 16.4. The van der Waals surface area contributed by atoms with Crippen molar-refractivity contribution in [1.82, 2.24) is 5.32 Å². The number of amides is 1. The van der Waals surface area contributed by atoms with E-state index in [4.69, 9.17) is 5.11 Å². The topological polar surface area (TPSA) is 101 Å². The van der Waals surface area contributed by atoms with Crippen LogP contribution in [0, 0.1) is 5.92 Å². The van der Waals surface area contributed by atoms with Crippen molar-refractivity contribution < 1.29 is 24.3 Å². The minimum absolute atomic E-state index is 0.00834. The van der Waals surface area contributed by atoms with Crippen LogP contribution in [0.1, 0.15) is 101 Å². The van der Waals surface area contributed by atoms with E-state index in [9.17, 15) is 19.2 Å². The van der Waals surface area contributed by atoms with E-state index in [2.05, 4.69) is 39.9 Å². The number of nitrogens with one attached hydrogen (secondary N) is 1. The van der Waals surface area contributed by atoms with Crippen LogP contribution in [0.4, 0.5) is 0 Å². The van der Waals surface area contributed by atoms with Crippen LogP contribution in [0.15, 0.2) is 72.8 Å². The molecule has 40 heavy (non-hydrogen) atoms. The summed E-state index contributed by atoms with van der Waals surface area (Å²) in [7, 11) is 0. The Balaban J connectivity index is 1.87. The van der Waals surface area contributed by atoms with E-state index in [-0.39, 0.29) is 36.4 Å². The minimum atomic E-state index is -0.994. The highest BCUT2D eigenvalue weighted by Crippen LogP contribution is 2.28. The molecule has 0 saturated heterocycles. The summed E-state index contributed by atoms with van der Waals surface area (Å²) in [6, 6.07) is 21.7. The van der Waals surface area contributed by atoms with Gasteiger partial charge in [0.15, 0.2) is 11.6 Å². The summed E-state index contributed by atoms with van der Waals surface area (Å²) >= 11 is 0. The van der Waals surface area contributed by atoms with E-state index in [0.29, 0.717) is 28.2 Å². The molecule has 0 bridgehead atoms. The largest absolute Gasteiger partial charge is 0.481 e. The lowest BCUT2D eigenvalue weighted by Gasteiger charge is -2.20. The maximum atomic E-state index is 13.8. The van der Waals surface area contributed by atoms with Crippen molar-refractivity contribution in [2.75, 3.05) is 6.54 Å². The third-order valence-electron chi connectivity index (χ3n) is 6.86. The second-order valence-electron chi connectivity index (χ2n) is 11.7. The molecule has 0 spiro atoms. The Kier molecular flexibility index (Phi) is 10.2. The first-order chi connectivity index (χ1) is 18.8. The van der Waals surface area contributed by atoms with Crippen LogP contribution in [0.5, 0.6) is 0 Å². The second-order valence-corrected chi connectivity index (χ2v) is 11.7. The molecule has 0 aliphatic rings. The summed E-state index contributed by atoms with van der Waals surface area (Å²) in [5.41, 5.74) is 4.30. The second kappa shape index (κ2) is 13.3. The van der Waals surface area contributed by atoms with Gasteiger partial charge < -0.3 is 10.4 Å². The molecule has 210 valence electrons. The quantitative estimate of drug-likeness (QED) is 0.251. The number of carboxylic acids is 1. The van der Waals surface area contributed by atoms with E-state index in [1.165, 1.54) is 0 Å². The lowest BCUT2D eigenvalue weighted by atomic mass is 9.83. The number of carbonyl (C=O) groups excluding carboxylic acids is 3. The fourth-order valence-corrected chi connectivity index (χ4v) is 4.55. The molecule has 2 N–H and O–H groups in total. The van der Waals surface area contributed by atoms with Crippen molar-refractivity contribution in [2.45, 2.75) is 65.2 Å². The van der Waals surface area contributed by atoms with Crippen LogP contribution in [0.3, 0.4) is 0 Å².